The molecule has 0 bridgehead atoms. The lowest BCUT2D eigenvalue weighted by Crippen LogP contribution is -2.54. The van der Waals surface area contributed by atoms with Crippen LogP contribution in [0.4, 0.5) is 5.69 Å². The number of nitrogens with zero attached hydrogens (tertiary/aromatic N) is 2. The standard InChI is InChI=1S/C30H35Cl2N3O4S/c1-20(2)33-30(37)28(17-23-12-7-6-8-13-23)34(18-24-25(31)14-10-15-26(24)32)29(36)19-35(40(5,38)39)27-16-9-11-21(3)22(27)4/h6-16,20,28H,17-19H2,1-5H3,(H,33,37). The molecule has 0 fully saturated rings. The van der Waals surface area contributed by atoms with Gasteiger partial charge in [-0.05, 0) is 62.6 Å². The topological polar surface area (TPSA) is 86.8 Å². The van der Waals surface area contributed by atoms with Crippen molar-refractivity contribution in [3.05, 3.63) is 99.0 Å². The summed E-state index contributed by atoms with van der Waals surface area (Å²) in [6.07, 6.45) is 1.26. The molecular weight excluding hydrogens is 569 g/mol. The molecule has 0 aliphatic carbocycles. The van der Waals surface area contributed by atoms with Crippen LogP contribution < -0.4 is 9.62 Å². The van der Waals surface area contributed by atoms with Crippen LogP contribution >= 0.6 is 23.2 Å². The highest BCUT2D eigenvalue weighted by Crippen LogP contribution is 2.29. The lowest BCUT2D eigenvalue weighted by molar-refractivity contribution is -0.140. The second-order valence-corrected chi connectivity index (χ2v) is 12.8. The first-order valence-electron chi connectivity index (χ1n) is 12.9. The van der Waals surface area contributed by atoms with Gasteiger partial charge in [0.1, 0.15) is 12.6 Å². The molecule has 7 nitrogen and oxygen atoms in total. The van der Waals surface area contributed by atoms with Gasteiger partial charge in [0.15, 0.2) is 0 Å². The Morgan fingerprint density at radius 1 is 0.900 bits per heavy atom. The van der Waals surface area contributed by atoms with Crippen LogP contribution in [0.1, 0.15) is 36.1 Å². The van der Waals surface area contributed by atoms with Gasteiger partial charge < -0.3 is 10.2 Å². The van der Waals surface area contributed by atoms with E-state index >= 15 is 0 Å². The molecule has 0 aliphatic rings. The van der Waals surface area contributed by atoms with Gasteiger partial charge in [-0.25, -0.2) is 8.42 Å². The molecule has 0 aromatic heterocycles. The lowest BCUT2D eigenvalue weighted by Gasteiger charge is -2.34. The highest BCUT2D eigenvalue weighted by atomic mass is 35.5. The van der Waals surface area contributed by atoms with E-state index in [1.54, 1.807) is 30.3 Å². The number of carbonyl (C=O) groups is 2. The van der Waals surface area contributed by atoms with Crippen molar-refractivity contribution >= 4 is 50.7 Å². The molecule has 0 radical (unpaired) electrons. The van der Waals surface area contributed by atoms with Gasteiger partial charge in [0.25, 0.3) is 0 Å². The van der Waals surface area contributed by atoms with Crippen molar-refractivity contribution in [2.24, 2.45) is 0 Å². The van der Waals surface area contributed by atoms with Crippen molar-refractivity contribution < 1.29 is 18.0 Å². The highest BCUT2D eigenvalue weighted by molar-refractivity contribution is 7.92. The number of anilines is 1. The number of carbonyl (C=O) groups excluding carboxylic acids is 2. The summed E-state index contributed by atoms with van der Waals surface area (Å²) in [4.78, 5) is 29.2. The van der Waals surface area contributed by atoms with Crippen LogP contribution in [0.2, 0.25) is 10.0 Å². The van der Waals surface area contributed by atoms with E-state index in [9.17, 15) is 18.0 Å². The molecule has 3 aromatic carbocycles. The van der Waals surface area contributed by atoms with Crippen molar-refractivity contribution in [2.75, 3.05) is 17.1 Å². The van der Waals surface area contributed by atoms with Gasteiger partial charge in [0.2, 0.25) is 21.8 Å². The number of nitrogens with one attached hydrogen (secondary N) is 1. The molecule has 3 rings (SSSR count). The van der Waals surface area contributed by atoms with Gasteiger partial charge in [-0.15, -0.1) is 0 Å². The number of hydrogen-bond donors (Lipinski definition) is 1. The second-order valence-electron chi connectivity index (χ2n) is 10.1. The summed E-state index contributed by atoms with van der Waals surface area (Å²) in [6, 6.07) is 18.5. The van der Waals surface area contributed by atoms with Crippen molar-refractivity contribution in [1.29, 1.82) is 0 Å². The average molecular weight is 605 g/mol. The zero-order chi connectivity index (χ0) is 29.6. The molecule has 1 N–H and O–H groups in total. The van der Waals surface area contributed by atoms with Gasteiger partial charge in [-0.1, -0.05) is 71.7 Å². The van der Waals surface area contributed by atoms with Crippen molar-refractivity contribution in [3.63, 3.8) is 0 Å². The number of sulfonamides is 1. The highest BCUT2D eigenvalue weighted by Gasteiger charge is 2.34. The van der Waals surface area contributed by atoms with Crippen LogP contribution in [-0.2, 0) is 32.6 Å². The zero-order valence-electron chi connectivity index (χ0n) is 23.3. The first kappa shape index (κ1) is 31.5. The van der Waals surface area contributed by atoms with Gasteiger partial charge in [0, 0.05) is 34.6 Å². The number of benzene rings is 3. The third-order valence-electron chi connectivity index (χ3n) is 6.62. The molecule has 2 amide bonds. The molecule has 3 aromatic rings. The van der Waals surface area contributed by atoms with Crippen LogP contribution in [0, 0.1) is 13.8 Å². The molecular formula is C30H35Cl2N3O4S. The Labute approximate surface area is 247 Å². The minimum Gasteiger partial charge on any atom is -0.352 e. The Balaban J connectivity index is 2.13. The molecule has 0 saturated carbocycles. The second kappa shape index (κ2) is 13.5. The van der Waals surface area contributed by atoms with Gasteiger partial charge in [-0.3, -0.25) is 13.9 Å². The number of hydrogen-bond acceptors (Lipinski definition) is 4. The number of aryl methyl sites for hydroxylation is 1. The summed E-state index contributed by atoms with van der Waals surface area (Å²) in [6.45, 7) is 6.75. The molecule has 214 valence electrons. The molecule has 10 heteroatoms. The summed E-state index contributed by atoms with van der Waals surface area (Å²) in [5.41, 5.74) is 3.32. The monoisotopic (exact) mass is 603 g/mol. The molecule has 0 heterocycles. The fourth-order valence-electron chi connectivity index (χ4n) is 4.39. The van der Waals surface area contributed by atoms with Crippen LogP contribution in [0.3, 0.4) is 0 Å². The number of halogens is 2. The van der Waals surface area contributed by atoms with E-state index in [2.05, 4.69) is 5.32 Å². The molecule has 0 aliphatic heterocycles. The Morgan fingerprint density at radius 3 is 2.08 bits per heavy atom. The largest absolute Gasteiger partial charge is 0.352 e. The minimum atomic E-state index is -3.87. The Bertz CT molecular complexity index is 1440. The minimum absolute atomic E-state index is 0.0925. The van der Waals surface area contributed by atoms with Gasteiger partial charge >= 0.3 is 0 Å². The Kier molecular flexibility index (Phi) is 10.6. The quantitative estimate of drug-likeness (QED) is 0.312. The fraction of sp³-hybridized carbons (Fsp3) is 0.333. The van der Waals surface area contributed by atoms with Crippen LogP contribution in [0.25, 0.3) is 0 Å². The first-order valence-corrected chi connectivity index (χ1v) is 15.5. The van der Waals surface area contributed by atoms with Crippen molar-refractivity contribution in [1.82, 2.24) is 10.2 Å². The van der Waals surface area contributed by atoms with E-state index in [1.807, 2.05) is 64.1 Å². The zero-order valence-corrected chi connectivity index (χ0v) is 25.6. The maximum atomic E-state index is 14.2. The normalized spacial score (nSPS) is 12.2. The van der Waals surface area contributed by atoms with Crippen LogP contribution in [0.15, 0.2) is 66.7 Å². The predicted molar refractivity (Wildman–Crippen MR) is 162 cm³/mol. The third kappa shape index (κ3) is 7.99. The third-order valence-corrected chi connectivity index (χ3v) is 8.45. The van der Waals surface area contributed by atoms with E-state index in [-0.39, 0.29) is 24.9 Å². The first-order chi connectivity index (χ1) is 18.8. The van der Waals surface area contributed by atoms with E-state index in [4.69, 9.17) is 23.2 Å². The molecule has 1 unspecified atom stereocenters. The van der Waals surface area contributed by atoms with E-state index in [0.717, 1.165) is 27.3 Å². The maximum absolute atomic E-state index is 14.2. The van der Waals surface area contributed by atoms with E-state index in [0.29, 0.717) is 21.3 Å². The Morgan fingerprint density at radius 2 is 1.50 bits per heavy atom. The van der Waals surface area contributed by atoms with Crippen molar-refractivity contribution in [3.8, 4) is 0 Å². The number of amides is 2. The summed E-state index contributed by atoms with van der Waals surface area (Å²) in [5.74, 6) is -0.935. The molecule has 1 atom stereocenters. The summed E-state index contributed by atoms with van der Waals surface area (Å²) < 4.78 is 27.1. The average Bonchev–Trinajstić information content (AvgIpc) is 2.87. The SMILES string of the molecule is Cc1cccc(N(CC(=O)N(Cc2c(Cl)cccc2Cl)C(Cc2ccccc2)C(=O)NC(C)C)S(C)(=O)=O)c1C. The van der Waals surface area contributed by atoms with Gasteiger partial charge in [-0.2, -0.15) is 0 Å². The van der Waals surface area contributed by atoms with Crippen LogP contribution in [-0.4, -0.2) is 50.0 Å². The number of rotatable bonds is 11. The Hall–Kier alpha value is -3.07. The van der Waals surface area contributed by atoms with Crippen molar-refractivity contribution in [2.45, 2.75) is 52.7 Å². The van der Waals surface area contributed by atoms with Crippen LogP contribution in [0.5, 0.6) is 0 Å². The smallest absolute Gasteiger partial charge is 0.244 e. The van der Waals surface area contributed by atoms with Gasteiger partial charge in [0.05, 0.1) is 11.9 Å². The molecule has 0 saturated heterocycles. The van der Waals surface area contributed by atoms with E-state index < -0.39 is 28.5 Å². The maximum Gasteiger partial charge on any atom is 0.244 e. The lowest BCUT2D eigenvalue weighted by atomic mass is 10.0. The summed E-state index contributed by atoms with van der Waals surface area (Å²) in [7, 11) is -3.87. The molecule has 40 heavy (non-hydrogen) atoms. The predicted octanol–water partition coefficient (Wildman–Crippen LogP) is 5.54. The summed E-state index contributed by atoms with van der Waals surface area (Å²) in [5, 5.41) is 3.59. The molecule has 0 spiro atoms. The fourth-order valence-corrected chi connectivity index (χ4v) is 5.81. The van der Waals surface area contributed by atoms with E-state index in [1.165, 1.54) is 4.90 Å². The summed E-state index contributed by atoms with van der Waals surface area (Å²) >= 11 is 13.0.